The second kappa shape index (κ2) is 8.50. The van der Waals surface area contributed by atoms with Gasteiger partial charge in [0.2, 0.25) is 15.9 Å². The van der Waals surface area contributed by atoms with Gasteiger partial charge in [0.1, 0.15) is 11.9 Å². The highest BCUT2D eigenvalue weighted by atomic mass is 32.2. The minimum absolute atomic E-state index is 0.0613. The number of rotatable bonds is 8. The number of carboxylic acids is 1. The van der Waals surface area contributed by atoms with Crippen LogP contribution in [0.2, 0.25) is 0 Å². The Bertz CT molecular complexity index is 777. The Hall–Kier alpha value is -2.13. The molecule has 0 aliphatic carbocycles. The van der Waals surface area contributed by atoms with Gasteiger partial charge in [-0.25, -0.2) is 13.1 Å². The molecule has 1 atom stereocenters. The van der Waals surface area contributed by atoms with E-state index >= 15 is 0 Å². The summed E-state index contributed by atoms with van der Waals surface area (Å²) in [6.07, 6.45) is 1.61. The van der Waals surface area contributed by atoms with Crippen molar-refractivity contribution in [3.63, 3.8) is 0 Å². The number of unbranched alkanes of at least 4 members (excludes halogenated alkanes) is 2. The molecule has 2 rings (SSSR count). The minimum atomic E-state index is -3.72. The number of anilines is 1. The van der Waals surface area contributed by atoms with E-state index in [-0.39, 0.29) is 29.9 Å². The Morgan fingerprint density at radius 2 is 2.04 bits per heavy atom. The average molecular weight is 384 g/mol. The number of sulfonamides is 1. The molecule has 1 amide bonds. The number of hydrogen-bond donors (Lipinski definition) is 2. The average Bonchev–Trinajstić information content (AvgIpc) is 2.56. The molecule has 8 nitrogen and oxygen atoms in total. The van der Waals surface area contributed by atoms with E-state index in [2.05, 4.69) is 4.72 Å². The molecule has 0 radical (unpaired) electrons. The van der Waals surface area contributed by atoms with Crippen LogP contribution in [-0.4, -0.2) is 44.6 Å². The fourth-order valence-corrected chi connectivity index (χ4v) is 3.84. The lowest BCUT2D eigenvalue weighted by atomic mass is 10.2. The summed E-state index contributed by atoms with van der Waals surface area (Å²) in [7, 11) is -3.72. The van der Waals surface area contributed by atoms with E-state index in [1.165, 1.54) is 24.0 Å². The van der Waals surface area contributed by atoms with Crippen LogP contribution in [0.5, 0.6) is 5.75 Å². The lowest BCUT2D eigenvalue weighted by molar-refractivity contribution is -0.137. The maximum absolute atomic E-state index is 12.5. The zero-order valence-electron chi connectivity index (χ0n) is 14.9. The van der Waals surface area contributed by atoms with Gasteiger partial charge in [0.05, 0.1) is 17.1 Å². The van der Waals surface area contributed by atoms with Crippen LogP contribution in [-0.2, 0) is 19.6 Å². The summed E-state index contributed by atoms with van der Waals surface area (Å²) < 4.78 is 33.1. The normalized spacial score (nSPS) is 16.7. The van der Waals surface area contributed by atoms with E-state index in [4.69, 9.17) is 9.84 Å². The smallest absolute Gasteiger partial charge is 0.303 e. The molecule has 1 aromatic rings. The van der Waals surface area contributed by atoms with E-state index < -0.39 is 16.0 Å². The maximum atomic E-state index is 12.5. The van der Waals surface area contributed by atoms with Crippen molar-refractivity contribution in [1.29, 1.82) is 0 Å². The molecule has 0 fully saturated rings. The van der Waals surface area contributed by atoms with E-state index in [0.29, 0.717) is 37.2 Å². The van der Waals surface area contributed by atoms with Crippen LogP contribution in [0.4, 0.5) is 5.69 Å². The molecule has 9 heteroatoms. The number of nitrogens with one attached hydrogen (secondary N) is 1. The molecule has 1 aromatic carbocycles. The molecule has 0 aromatic heterocycles. The summed E-state index contributed by atoms with van der Waals surface area (Å²) in [5.74, 6) is -0.555. The first-order chi connectivity index (χ1) is 12.2. The first kappa shape index (κ1) is 20.2. The summed E-state index contributed by atoms with van der Waals surface area (Å²) >= 11 is 0. The van der Waals surface area contributed by atoms with E-state index in [9.17, 15) is 18.0 Å². The predicted octanol–water partition coefficient (Wildman–Crippen LogP) is 1.74. The first-order valence-electron chi connectivity index (χ1n) is 8.51. The second-order valence-corrected chi connectivity index (χ2v) is 8.06. The number of amides is 1. The van der Waals surface area contributed by atoms with E-state index in [1.807, 2.05) is 6.92 Å². The van der Waals surface area contributed by atoms with E-state index in [1.54, 1.807) is 6.07 Å². The van der Waals surface area contributed by atoms with Gasteiger partial charge in [0.25, 0.3) is 0 Å². The molecule has 144 valence electrons. The second-order valence-electron chi connectivity index (χ2n) is 6.29. The largest absolute Gasteiger partial charge is 0.487 e. The first-order valence-corrected chi connectivity index (χ1v) is 9.99. The van der Waals surface area contributed by atoms with Gasteiger partial charge in [0, 0.05) is 19.9 Å². The van der Waals surface area contributed by atoms with Crippen molar-refractivity contribution < 1.29 is 27.9 Å². The summed E-state index contributed by atoms with van der Waals surface area (Å²) in [4.78, 5) is 23.9. The van der Waals surface area contributed by atoms with Crippen molar-refractivity contribution in [1.82, 2.24) is 4.72 Å². The van der Waals surface area contributed by atoms with Gasteiger partial charge >= 0.3 is 5.97 Å². The molecule has 26 heavy (non-hydrogen) atoms. The van der Waals surface area contributed by atoms with Crippen molar-refractivity contribution in [2.45, 2.75) is 50.5 Å². The molecule has 0 saturated heterocycles. The number of benzene rings is 1. The molecule has 0 bridgehead atoms. The fourth-order valence-electron chi connectivity index (χ4n) is 2.75. The zero-order chi connectivity index (χ0) is 19.3. The van der Waals surface area contributed by atoms with Crippen LogP contribution >= 0.6 is 0 Å². The number of carbonyl (C=O) groups excluding carboxylic acids is 1. The highest BCUT2D eigenvalue weighted by Crippen LogP contribution is 2.35. The standard InChI is InChI=1S/C17H24N2O6S/c1-12-11-19(13(2)20)15-10-14(7-8-16(15)25-12)26(23,24)18-9-5-3-4-6-17(21)22/h7-8,10,12,18H,3-6,9,11H2,1-2H3,(H,21,22). The van der Waals surface area contributed by atoms with Crippen LogP contribution in [0.3, 0.4) is 0 Å². The fraction of sp³-hybridized carbons (Fsp3) is 0.529. The summed E-state index contributed by atoms with van der Waals surface area (Å²) in [6, 6.07) is 4.44. The zero-order valence-corrected chi connectivity index (χ0v) is 15.7. The van der Waals surface area contributed by atoms with E-state index in [0.717, 1.165) is 0 Å². The quantitative estimate of drug-likeness (QED) is 0.660. The third-order valence-electron chi connectivity index (χ3n) is 4.04. The Labute approximate surface area is 153 Å². The Morgan fingerprint density at radius 1 is 1.31 bits per heavy atom. The van der Waals surface area contributed by atoms with Crippen molar-refractivity contribution in [3.8, 4) is 5.75 Å². The number of hydrogen-bond acceptors (Lipinski definition) is 5. The summed E-state index contributed by atoms with van der Waals surface area (Å²) in [6.45, 7) is 3.86. The SMILES string of the molecule is CC(=O)N1CC(C)Oc2ccc(S(=O)(=O)NCCCCCC(=O)O)cc21. The van der Waals surface area contributed by atoms with Gasteiger partial charge in [-0.1, -0.05) is 6.42 Å². The van der Waals surface area contributed by atoms with Crippen LogP contribution in [0, 0.1) is 0 Å². The molecular formula is C17H24N2O6S. The van der Waals surface area contributed by atoms with Crippen LogP contribution in [0.25, 0.3) is 0 Å². The number of aliphatic carboxylic acids is 1. The van der Waals surface area contributed by atoms with Gasteiger partial charge in [0.15, 0.2) is 0 Å². The minimum Gasteiger partial charge on any atom is -0.487 e. The molecule has 1 aliphatic heterocycles. The van der Waals surface area contributed by atoms with Crippen LogP contribution < -0.4 is 14.4 Å². The number of ether oxygens (including phenoxy) is 1. The number of fused-ring (bicyclic) bond motifs is 1. The maximum Gasteiger partial charge on any atom is 0.303 e. The topological polar surface area (TPSA) is 113 Å². The molecule has 2 N–H and O–H groups in total. The van der Waals surface area contributed by atoms with Gasteiger partial charge in [-0.3, -0.25) is 9.59 Å². The third kappa shape index (κ3) is 5.18. The van der Waals surface area contributed by atoms with Crippen molar-refractivity contribution in [2.75, 3.05) is 18.0 Å². The Balaban J connectivity index is 2.05. The number of nitrogens with zero attached hydrogens (tertiary/aromatic N) is 1. The predicted molar refractivity (Wildman–Crippen MR) is 95.9 cm³/mol. The van der Waals surface area contributed by atoms with Crippen LogP contribution in [0.15, 0.2) is 23.1 Å². The highest BCUT2D eigenvalue weighted by molar-refractivity contribution is 7.89. The summed E-state index contributed by atoms with van der Waals surface area (Å²) in [5, 5.41) is 8.57. The van der Waals surface area contributed by atoms with Crippen LogP contribution in [0.1, 0.15) is 39.5 Å². The van der Waals surface area contributed by atoms with Gasteiger partial charge < -0.3 is 14.7 Å². The molecule has 1 heterocycles. The lowest BCUT2D eigenvalue weighted by Gasteiger charge is -2.33. The Kier molecular flexibility index (Phi) is 6.60. The molecule has 1 aliphatic rings. The molecule has 1 unspecified atom stereocenters. The summed E-state index contributed by atoms with van der Waals surface area (Å²) in [5.41, 5.74) is 0.444. The molecular weight excluding hydrogens is 360 g/mol. The van der Waals surface area contributed by atoms with Gasteiger partial charge in [-0.2, -0.15) is 0 Å². The Morgan fingerprint density at radius 3 is 2.69 bits per heavy atom. The van der Waals surface area contributed by atoms with Gasteiger partial charge in [-0.15, -0.1) is 0 Å². The number of carboxylic acid groups (broad SMARTS) is 1. The lowest BCUT2D eigenvalue weighted by Crippen LogP contribution is -2.41. The monoisotopic (exact) mass is 384 g/mol. The molecule has 0 spiro atoms. The van der Waals surface area contributed by atoms with Crippen molar-refractivity contribution in [2.24, 2.45) is 0 Å². The van der Waals surface area contributed by atoms with Crippen molar-refractivity contribution in [3.05, 3.63) is 18.2 Å². The number of carbonyl (C=O) groups is 2. The molecule has 0 saturated carbocycles. The van der Waals surface area contributed by atoms with Crippen molar-refractivity contribution >= 4 is 27.6 Å². The third-order valence-corrected chi connectivity index (χ3v) is 5.50. The van der Waals surface area contributed by atoms with Gasteiger partial charge in [-0.05, 0) is 38.0 Å². The highest BCUT2D eigenvalue weighted by Gasteiger charge is 2.27.